The van der Waals surface area contributed by atoms with Crippen LogP contribution < -0.4 is 0 Å². The second kappa shape index (κ2) is 6.40. The summed E-state index contributed by atoms with van der Waals surface area (Å²) in [5, 5.41) is 0. The summed E-state index contributed by atoms with van der Waals surface area (Å²) in [6.07, 6.45) is 6.36. The van der Waals surface area contributed by atoms with Gasteiger partial charge in [0.15, 0.2) is 0 Å². The first-order valence-electron chi connectivity index (χ1n) is 7.97. The highest BCUT2D eigenvalue weighted by molar-refractivity contribution is 5.25. The van der Waals surface area contributed by atoms with Gasteiger partial charge in [0.25, 0.3) is 0 Å². The van der Waals surface area contributed by atoms with Crippen LogP contribution in [0.5, 0.6) is 0 Å². The summed E-state index contributed by atoms with van der Waals surface area (Å²) in [6, 6.07) is 14.0. The second-order valence-corrected chi connectivity index (χ2v) is 6.31. The molecule has 2 aromatic rings. The average Bonchev–Trinajstić information content (AvgIpc) is 2.97. The van der Waals surface area contributed by atoms with Gasteiger partial charge in [-0.2, -0.15) is 0 Å². The molecule has 21 heavy (non-hydrogen) atoms. The van der Waals surface area contributed by atoms with E-state index in [1.54, 1.807) is 0 Å². The van der Waals surface area contributed by atoms with Crippen LogP contribution in [0.1, 0.15) is 55.3 Å². The van der Waals surface area contributed by atoms with Gasteiger partial charge < -0.3 is 0 Å². The number of hydrogen-bond donors (Lipinski definition) is 0. The summed E-state index contributed by atoms with van der Waals surface area (Å²) in [6.45, 7) is 6.73. The molecule has 2 heterocycles. The largest absolute Gasteiger partial charge is 0.292 e. The third kappa shape index (κ3) is 3.33. The second-order valence-electron chi connectivity index (χ2n) is 6.31. The molecule has 2 nitrogen and oxygen atoms in total. The van der Waals surface area contributed by atoms with Crippen molar-refractivity contribution < 1.29 is 0 Å². The molecule has 0 spiro atoms. The summed E-state index contributed by atoms with van der Waals surface area (Å²) in [7, 11) is 0. The van der Waals surface area contributed by atoms with Gasteiger partial charge in [-0.25, -0.2) is 0 Å². The first-order valence-corrected chi connectivity index (χ1v) is 7.97. The van der Waals surface area contributed by atoms with Crippen LogP contribution in [0.2, 0.25) is 0 Å². The van der Waals surface area contributed by atoms with Crippen molar-refractivity contribution in [3.8, 4) is 0 Å². The predicted molar refractivity (Wildman–Crippen MR) is 87.2 cm³/mol. The number of pyridine rings is 1. The summed E-state index contributed by atoms with van der Waals surface area (Å²) in [4.78, 5) is 6.73. The van der Waals surface area contributed by atoms with Crippen LogP contribution in [0.15, 0.2) is 48.8 Å². The zero-order valence-electron chi connectivity index (χ0n) is 13.0. The number of rotatable bonds is 4. The van der Waals surface area contributed by atoms with Crippen LogP contribution in [0, 0.1) is 0 Å². The molecule has 1 unspecified atom stereocenters. The van der Waals surface area contributed by atoms with Gasteiger partial charge in [-0.05, 0) is 54.1 Å². The van der Waals surface area contributed by atoms with Gasteiger partial charge in [-0.3, -0.25) is 9.88 Å². The van der Waals surface area contributed by atoms with Crippen LogP contribution >= 0.6 is 0 Å². The summed E-state index contributed by atoms with van der Waals surface area (Å²) < 4.78 is 0. The highest BCUT2D eigenvalue weighted by atomic mass is 15.2. The van der Waals surface area contributed by atoms with Gasteiger partial charge in [0, 0.05) is 25.0 Å². The molecule has 1 fully saturated rings. The molecule has 0 aliphatic carbocycles. The normalized spacial score (nSPS) is 19.3. The highest BCUT2D eigenvalue weighted by Gasteiger charge is 2.25. The fourth-order valence-corrected chi connectivity index (χ4v) is 3.22. The van der Waals surface area contributed by atoms with Gasteiger partial charge in [0.05, 0.1) is 0 Å². The van der Waals surface area contributed by atoms with E-state index in [9.17, 15) is 0 Å². The molecule has 110 valence electrons. The molecular formula is C19H24N2. The Bertz CT molecular complexity index is 560. The van der Waals surface area contributed by atoms with E-state index in [4.69, 9.17) is 0 Å². The molecule has 1 aliphatic heterocycles. The smallest absolute Gasteiger partial charge is 0.0353 e. The Labute approximate surface area is 127 Å². The molecule has 2 heteroatoms. The maximum Gasteiger partial charge on any atom is 0.0353 e. The van der Waals surface area contributed by atoms with Gasteiger partial charge in [0.1, 0.15) is 0 Å². The number of hydrogen-bond acceptors (Lipinski definition) is 2. The number of aromatic nitrogens is 1. The van der Waals surface area contributed by atoms with Gasteiger partial charge in [-0.1, -0.05) is 38.1 Å². The summed E-state index contributed by atoms with van der Waals surface area (Å²) in [5.74, 6) is 0.607. The summed E-state index contributed by atoms with van der Waals surface area (Å²) in [5.41, 5.74) is 4.24. The molecule has 0 bridgehead atoms. The number of benzene rings is 1. The Kier molecular flexibility index (Phi) is 4.35. The van der Waals surface area contributed by atoms with Crippen molar-refractivity contribution in [2.45, 2.75) is 45.2 Å². The van der Waals surface area contributed by atoms with Crippen LogP contribution in [0.3, 0.4) is 0 Å². The van der Waals surface area contributed by atoms with E-state index in [1.165, 1.54) is 36.1 Å². The fraction of sp³-hybridized carbons (Fsp3) is 0.421. The molecule has 0 amide bonds. The Morgan fingerprint density at radius 3 is 2.48 bits per heavy atom. The van der Waals surface area contributed by atoms with Gasteiger partial charge in [-0.15, -0.1) is 0 Å². The predicted octanol–water partition coefficient (Wildman–Crippen LogP) is 4.54. The van der Waals surface area contributed by atoms with Gasteiger partial charge in [0.2, 0.25) is 0 Å². The van der Waals surface area contributed by atoms with Crippen molar-refractivity contribution in [1.82, 2.24) is 9.88 Å². The lowest BCUT2D eigenvalue weighted by molar-refractivity contribution is 0.248. The van der Waals surface area contributed by atoms with Crippen molar-refractivity contribution in [1.29, 1.82) is 0 Å². The van der Waals surface area contributed by atoms with E-state index < -0.39 is 0 Å². The molecule has 1 saturated heterocycles. The fourth-order valence-electron chi connectivity index (χ4n) is 3.22. The molecular weight excluding hydrogens is 256 g/mol. The van der Waals surface area contributed by atoms with Crippen LogP contribution in [-0.2, 0) is 6.54 Å². The van der Waals surface area contributed by atoms with E-state index >= 15 is 0 Å². The number of likely N-dealkylation sites (tertiary alicyclic amines) is 1. The molecule has 3 rings (SSSR count). The SMILES string of the molecule is CC(C)c1ccc(CN2CCCC2c2ccncc2)cc1. The monoisotopic (exact) mass is 280 g/mol. The van der Waals surface area contributed by atoms with Crippen molar-refractivity contribution in [2.24, 2.45) is 0 Å². The Hall–Kier alpha value is -1.67. The molecule has 1 atom stereocenters. The molecule has 1 aliphatic rings. The van der Waals surface area contributed by atoms with E-state index in [0.717, 1.165) is 6.54 Å². The third-order valence-corrected chi connectivity index (χ3v) is 4.49. The van der Waals surface area contributed by atoms with Gasteiger partial charge >= 0.3 is 0 Å². The lowest BCUT2D eigenvalue weighted by Gasteiger charge is -2.25. The minimum absolute atomic E-state index is 0.553. The first kappa shape index (κ1) is 14.3. The minimum atomic E-state index is 0.553. The van der Waals surface area contributed by atoms with Crippen LogP contribution in [0.25, 0.3) is 0 Å². The number of nitrogens with zero attached hydrogens (tertiary/aromatic N) is 2. The van der Waals surface area contributed by atoms with E-state index in [2.05, 4.69) is 60.1 Å². The lowest BCUT2D eigenvalue weighted by Crippen LogP contribution is -2.22. The van der Waals surface area contributed by atoms with Crippen LogP contribution in [-0.4, -0.2) is 16.4 Å². The maximum absolute atomic E-state index is 4.13. The van der Waals surface area contributed by atoms with E-state index in [1.807, 2.05) is 12.4 Å². The van der Waals surface area contributed by atoms with E-state index in [-0.39, 0.29) is 0 Å². The summed E-state index contributed by atoms with van der Waals surface area (Å²) >= 11 is 0. The Morgan fingerprint density at radius 2 is 1.81 bits per heavy atom. The van der Waals surface area contributed by atoms with E-state index in [0.29, 0.717) is 12.0 Å². The van der Waals surface area contributed by atoms with Crippen molar-refractivity contribution in [2.75, 3.05) is 6.54 Å². The third-order valence-electron chi connectivity index (χ3n) is 4.49. The van der Waals surface area contributed by atoms with Crippen LogP contribution in [0.4, 0.5) is 0 Å². The Morgan fingerprint density at radius 1 is 1.10 bits per heavy atom. The van der Waals surface area contributed by atoms with Crippen molar-refractivity contribution >= 4 is 0 Å². The highest BCUT2D eigenvalue weighted by Crippen LogP contribution is 2.32. The van der Waals surface area contributed by atoms with Crippen molar-refractivity contribution in [3.63, 3.8) is 0 Å². The minimum Gasteiger partial charge on any atom is -0.292 e. The Balaban J connectivity index is 1.71. The van der Waals surface area contributed by atoms with Crippen molar-refractivity contribution in [3.05, 3.63) is 65.5 Å². The topological polar surface area (TPSA) is 16.1 Å². The quantitative estimate of drug-likeness (QED) is 0.817. The molecule has 1 aromatic heterocycles. The molecule has 0 radical (unpaired) electrons. The zero-order chi connectivity index (χ0) is 14.7. The zero-order valence-corrected chi connectivity index (χ0v) is 13.0. The molecule has 0 N–H and O–H groups in total. The molecule has 1 aromatic carbocycles. The lowest BCUT2D eigenvalue weighted by atomic mass is 10.0. The average molecular weight is 280 g/mol. The maximum atomic E-state index is 4.13. The first-order chi connectivity index (χ1) is 10.2. The standard InChI is InChI=1S/C19H24N2/c1-15(2)17-7-5-16(6-8-17)14-21-13-3-4-19(21)18-9-11-20-12-10-18/h5-12,15,19H,3-4,13-14H2,1-2H3. The molecule has 0 saturated carbocycles.